The zero-order valence-electron chi connectivity index (χ0n) is 9.09. The van der Waals surface area contributed by atoms with Crippen LogP contribution in [0.5, 0.6) is 0 Å². The zero-order chi connectivity index (χ0) is 11.4. The van der Waals surface area contributed by atoms with Gasteiger partial charge in [0.15, 0.2) is 0 Å². The summed E-state index contributed by atoms with van der Waals surface area (Å²) in [6.07, 6.45) is 8.79. The Morgan fingerprint density at radius 2 is 2.12 bits per heavy atom. The summed E-state index contributed by atoms with van der Waals surface area (Å²) in [6, 6.07) is 0. The number of hydrogen-bond donors (Lipinski definition) is 1. The standard InChI is InChI=1S/C11H13N5/c1-3-9-5-12-11(13-6-9)15-10-7-14-16(4-2)8-10/h3,5-8H,1,4H2,2H3,(H,12,13,15). The highest BCUT2D eigenvalue weighted by Crippen LogP contribution is 2.11. The van der Waals surface area contributed by atoms with Crippen LogP contribution in [0.25, 0.3) is 6.08 Å². The van der Waals surface area contributed by atoms with Crippen LogP contribution in [-0.4, -0.2) is 19.7 Å². The summed E-state index contributed by atoms with van der Waals surface area (Å²) in [4.78, 5) is 8.30. The fourth-order valence-corrected chi connectivity index (χ4v) is 1.24. The molecule has 5 nitrogen and oxygen atoms in total. The zero-order valence-corrected chi connectivity index (χ0v) is 9.09. The highest BCUT2D eigenvalue weighted by molar-refractivity contribution is 5.51. The summed E-state index contributed by atoms with van der Waals surface area (Å²) in [5.41, 5.74) is 1.78. The molecule has 0 radical (unpaired) electrons. The van der Waals surface area contributed by atoms with Gasteiger partial charge in [-0.1, -0.05) is 12.7 Å². The minimum absolute atomic E-state index is 0.557. The Balaban J connectivity index is 2.10. The van der Waals surface area contributed by atoms with E-state index in [1.54, 1.807) is 24.7 Å². The SMILES string of the molecule is C=Cc1cnc(Nc2cnn(CC)c2)nc1. The van der Waals surface area contributed by atoms with Crippen molar-refractivity contribution in [2.24, 2.45) is 0 Å². The molecule has 0 aromatic carbocycles. The van der Waals surface area contributed by atoms with Crippen LogP contribution in [0.15, 0.2) is 31.4 Å². The van der Waals surface area contributed by atoms with Crippen molar-refractivity contribution in [3.8, 4) is 0 Å². The van der Waals surface area contributed by atoms with Crippen LogP contribution in [0.2, 0.25) is 0 Å². The highest BCUT2D eigenvalue weighted by Gasteiger charge is 1.99. The number of aromatic nitrogens is 4. The molecule has 0 spiro atoms. The molecule has 2 rings (SSSR count). The molecule has 16 heavy (non-hydrogen) atoms. The smallest absolute Gasteiger partial charge is 0.227 e. The number of anilines is 2. The monoisotopic (exact) mass is 215 g/mol. The van der Waals surface area contributed by atoms with Gasteiger partial charge in [0.05, 0.1) is 11.9 Å². The molecule has 0 unspecified atom stereocenters. The fourth-order valence-electron chi connectivity index (χ4n) is 1.24. The molecule has 0 aliphatic carbocycles. The van der Waals surface area contributed by atoms with Gasteiger partial charge in [-0.15, -0.1) is 0 Å². The lowest BCUT2D eigenvalue weighted by molar-refractivity contribution is 0.660. The van der Waals surface area contributed by atoms with Crippen molar-refractivity contribution in [1.29, 1.82) is 0 Å². The van der Waals surface area contributed by atoms with E-state index in [-0.39, 0.29) is 0 Å². The summed E-state index contributed by atoms with van der Waals surface area (Å²) in [6.45, 7) is 6.52. The molecular formula is C11H13N5. The van der Waals surface area contributed by atoms with E-state index in [1.165, 1.54) is 0 Å². The minimum atomic E-state index is 0.557. The second kappa shape index (κ2) is 4.57. The quantitative estimate of drug-likeness (QED) is 0.848. The summed E-state index contributed by atoms with van der Waals surface area (Å²) in [7, 11) is 0. The lowest BCUT2D eigenvalue weighted by atomic mass is 10.3. The van der Waals surface area contributed by atoms with Crippen molar-refractivity contribution in [2.75, 3.05) is 5.32 Å². The number of nitrogens with zero attached hydrogens (tertiary/aromatic N) is 4. The second-order valence-corrected chi connectivity index (χ2v) is 3.25. The molecule has 0 fully saturated rings. The van der Waals surface area contributed by atoms with Gasteiger partial charge in [-0.25, -0.2) is 9.97 Å². The molecule has 82 valence electrons. The first-order valence-corrected chi connectivity index (χ1v) is 5.05. The summed E-state index contributed by atoms with van der Waals surface area (Å²) >= 11 is 0. The minimum Gasteiger partial charge on any atom is -0.321 e. The number of aryl methyl sites for hydroxylation is 1. The van der Waals surface area contributed by atoms with E-state index in [0.29, 0.717) is 5.95 Å². The van der Waals surface area contributed by atoms with Crippen LogP contribution in [0.1, 0.15) is 12.5 Å². The molecule has 0 amide bonds. The van der Waals surface area contributed by atoms with E-state index in [4.69, 9.17) is 0 Å². The van der Waals surface area contributed by atoms with Gasteiger partial charge in [-0.3, -0.25) is 4.68 Å². The average molecular weight is 215 g/mol. The number of nitrogens with one attached hydrogen (secondary N) is 1. The largest absolute Gasteiger partial charge is 0.321 e. The van der Waals surface area contributed by atoms with Gasteiger partial charge in [0.25, 0.3) is 0 Å². The van der Waals surface area contributed by atoms with Crippen LogP contribution in [-0.2, 0) is 6.54 Å². The predicted molar refractivity (Wildman–Crippen MR) is 63.3 cm³/mol. The molecule has 0 atom stereocenters. The van der Waals surface area contributed by atoms with Crippen molar-refractivity contribution < 1.29 is 0 Å². The lowest BCUT2D eigenvalue weighted by Gasteiger charge is -2.00. The van der Waals surface area contributed by atoms with Crippen molar-refractivity contribution in [3.05, 3.63) is 36.9 Å². The lowest BCUT2D eigenvalue weighted by Crippen LogP contribution is -1.96. The first-order valence-electron chi connectivity index (χ1n) is 5.05. The van der Waals surface area contributed by atoms with Crippen molar-refractivity contribution >= 4 is 17.7 Å². The van der Waals surface area contributed by atoms with E-state index in [0.717, 1.165) is 17.8 Å². The molecule has 5 heteroatoms. The molecule has 2 heterocycles. The third-order valence-electron chi connectivity index (χ3n) is 2.12. The van der Waals surface area contributed by atoms with Crippen molar-refractivity contribution in [2.45, 2.75) is 13.5 Å². The number of hydrogen-bond acceptors (Lipinski definition) is 4. The Labute approximate surface area is 93.9 Å². The summed E-state index contributed by atoms with van der Waals surface area (Å²) in [5.74, 6) is 0.557. The van der Waals surface area contributed by atoms with Crippen LogP contribution < -0.4 is 5.32 Å². The van der Waals surface area contributed by atoms with E-state index >= 15 is 0 Å². The van der Waals surface area contributed by atoms with Gasteiger partial charge >= 0.3 is 0 Å². The first kappa shape index (κ1) is 10.4. The maximum atomic E-state index is 4.15. The van der Waals surface area contributed by atoms with E-state index in [1.807, 2.05) is 17.8 Å². The van der Waals surface area contributed by atoms with E-state index in [9.17, 15) is 0 Å². The van der Waals surface area contributed by atoms with Crippen LogP contribution in [0.3, 0.4) is 0 Å². The molecular weight excluding hydrogens is 202 g/mol. The Morgan fingerprint density at radius 1 is 1.38 bits per heavy atom. The van der Waals surface area contributed by atoms with E-state index < -0.39 is 0 Å². The second-order valence-electron chi connectivity index (χ2n) is 3.25. The van der Waals surface area contributed by atoms with Crippen LogP contribution in [0, 0.1) is 0 Å². The van der Waals surface area contributed by atoms with Crippen molar-refractivity contribution in [3.63, 3.8) is 0 Å². The Morgan fingerprint density at radius 3 is 2.69 bits per heavy atom. The van der Waals surface area contributed by atoms with Crippen molar-refractivity contribution in [1.82, 2.24) is 19.7 Å². The third kappa shape index (κ3) is 2.25. The summed E-state index contributed by atoms with van der Waals surface area (Å²) in [5, 5.41) is 7.22. The molecule has 0 saturated heterocycles. The van der Waals surface area contributed by atoms with Crippen LogP contribution in [0.4, 0.5) is 11.6 Å². The molecule has 1 N–H and O–H groups in total. The molecule has 0 saturated carbocycles. The molecule has 0 bridgehead atoms. The number of rotatable bonds is 4. The van der Waals surface area contributed by atoms with Gasteiger partial charge in [0, 0.05) is 30.7 Å². The maximum absolute atomic E-state index is 4.15. The molecule has 2 aromatic rings. The third-order valence-corrected chi connectivity index (χ3v) is 2.12. The normalized spacial score (nSPS) is 10.1. The van der Waals surface area contributed by atoms with Gasteiger partial charge in [-0.2, -0.15) is 5.10 Å². The van der Waals surface area contributed by atoms with Crippen LogP contribution >= 0.6 is 0 Å². The predicted octanol–water partition coefficient (Wildman–Crippen LogP) is 2.08. The molecule has 0 aliphatic heterocycles. The summed E-state index contributed by atoms with van der Waals surface area (Å²) < 4.78 is 1.83. The highest BCUT2D eigenvalue weighted by atomic mass is 15.3. The fraction of sp³-hybridized carbons (Fsp3) is 0.182. The van der Waals surface area contributed by atoms with E-state index in [2.05, 4.69) is 27.0 Å². The average Bonchev–Trinajstić information content (AvgIpc) is 2.78. The Kier molecular flexibility index (Phi) is 2.95. The Hall–Kier alpha value is -2.17. The first-order chi connectivity index (χ1) is 7.81. The van der Waals surface area contributed by atoms with Gasteiger partial charge in [0.1, 0.15) is 0 Å². The van der Waals surface area contributed by atoms with Gasteiger partial charge in [-0.05, 0) is 6.92 Å². The van der Waals surface area contributed by atoms with Gasteiger partial charge in [0.2, 0.25) is 5.95 Å². The Bertz CT molecular complexity index is 471. The van der Waals surface area contributed by atoms with Gasteiger partial charge < -0.3 is 5.32 Å². The molecule has 2 aromatic heterocycles. The maximum Gasteiger partial charge on any atom is 0.227 e. The molecule has 0 aliphatic rings. The topological polar surface area (TPSA) is 55.6 Å².